The third kappa shape index (κ3) is 7.74. The highest BCUT2D eigenvalue weighted by atomic mass is 19.4. The minimum absolute atomic E-state index is 0.0620. The number of anilines is 1. The second-order valence-corrected chi connectivity index (χ2v) is 6.74. The number of hydrogen-bond donors (Lipinski definition) is 3. The molecule has 2 rings (SSSR count). The standard InChI is InChI=1S/C22H27F3N3O4/c23-22(24,25)19-5-1-17(2-6-19)21(27-26)18-3-7-20(8-4-18)28(9-13-31-15-11-29)10-14-32-16-12-30/h1-8,26,29-30H,9-16H2/q+1. The maximum atomic E-state index is 12.8. The van der Waals surface area contributed by atoms with Crippen LogP contribution in [-0.4, -0.2) is 73.4 Å². The second kappa shape index (κ2) is 12.9. The molecule has 174 valence electrons. The van der Waals surface area contributed by atoms with Crippen LogP contribution in [0.3, 0.4) is 0 Å². The van der Waals surface area contributed by atoms with E-state index in [0.29, 0.717) is 37.4 Å². The molecule has 0 aliphatic rings. The number of halogens is 3. The number of rotatable bonds is 13. The monoisotopic (exact) mass is 454 g/mol. The Balaban J connectivity index is 2.14. The van der Waals surface area contributed by atoms with E-state index in [1.165, 1.54) is 12.1 Å². The minimum Gasteiger partial charge on any atom is -0.394 e. The van der Waals surface area contributed by atoms with E-state index < -0.39 is 11.7 Å². The van der Waals surface area contributed by atoms with E-state index in [-0.39, 0.29) is 32.1 Å². The molecule has 0 saturated heterocycles. The van der Waals surface area contributed by atoms with Crippen molar-refractivity contribution < 1.29 is 37.6 Å². The number of benzene rings is 2. The third-order valence-electron chi connectivity index (χ3n) is 4.59. The van der Waals surface area contributed by atoms with Crippen molar-refractivity contribution in [3.8, 4) is 0 Å². The highest BCUT2D eigenvalue weighted by Gasteiger charge is 2.30. The molecule has 2 aromatic rings. The molecule has 0 radical (unpaired) electrons. The molecule has 0 unspecified atom stereocenters. The Bertz CT molecular complexity index is 855. The Morgan fingerprint density at radius 3 is 1.69 bits per heavy atom. The summed E-state index contributed by atoms with van der Waals surface area (Å²) in [6.45, 7) is 2.23. The van der Waals surface area contributed by atoms with Crippen molar-refractivity contribution in [3.63, 3.8) is 0 Å². The number of hydrogen-bond acceptors (Lipinski definition) is 6. The molecule has 0 spiro atoms. The molecule has 2 aromatic carbocycles. The van der Waals surface area contributed by atoms with Crippen LogP contribution in [0.1, 0.15) is 16.7 Å². The van der Waals surface area contributed by atoms with Gasteiger partial charge in [-0.2, -0.15) is 13.2 Å². The Labute approximate surface area is 184 Å². The first-order valence-corrected chi connectivity index (χ1v) is 10.1. The van der Waals surface area contributed by atoms with E-state index in [1.54, 1.807) is 12.1 Å². The number of nitrogens with zero attached hydrogens (tertiary/aromatic N) is 2. The SMILES string of the molecule is N=[N+]=C(c1ccc(N(CCOCCO)CCOCCO)cc1)c1ccc(C(F)(F)F)cc1. The molecular formula is C22H27F3N3O4+. The molecule has 3 N–H and O–H groups in total. The highest BCUT2D eigenvalue weighted by Crippen LogP contribution is 2.29. The van der Waals surface area contributed by atoms with Gasteiger partial charge in [-0.15, -0.1) is 0 Å². The Hall–Kier alpha value is -2.75. The molecule has 32 heavy (non-hydrogen) atoms. The maximum absolute atomic E-state index is 12.8. The molecule has 0 saturated carbocycles. The summed E-state index contributed by atoms with van der Waals surface area (Å²) in [6.07, 6.45) is -4.43. The van der Waals surface area contributed by atoms with Crippen LogP contribution < -0.4 is 4.90 Å². The van der Waals surface area contributed by atoms with E-state index in [0.717, 1.165) is 17.8 Å². The summed E-state index contributed by atoms with van der Waals surface area (Å²) in [7, 11) is 0. The van der Waals surface area contributed by atoms with Crippen LogP contribution >= 0.6 is 0 Å². The van der Waals surface area contributed by atoms with Crippen molar-refractivity contribution in [1.29, 1.82) is 5.53 Å². The Morgan fingerprint density at radius 2 is 1.28 bits per heavy atom. The lowest BCUT2D eigenvalue weighted by molar-refractivity contribution is -0.137. The molecule has 0 aromatic heterocycles. The summed E-state index contributed by atoms with van der Waals surface area (Å²) in [4.78, 5) is 5.53. The number of aliphatic hydroxyl groups is 2. The van der Waals surface area contributed by atoms with Crippen molar-refractivity contribution in [2.75, 3.05) is 57.6 Å². The zero-order valence-electron chi connectivity index (χ0n) is 17.5. The molecule has 0 fully saturated rings. The van der Waals surface area contributed by atoms with Crippen LogP contribution in [0.2, 0.25) is 0 Å². The lowest BCUT2D eigenvalue weighted by Gasteiger charge is -2.25. The summed E-state index contributed by atoms with van der Waals surface area (Å²) in [5.74, 6) is 0. The van der Waals surface area contributed by atoms with Crippen molar-refractivity contribution in [1.82, 2.24) is 0 Å². The summed E-state index contributed by atoms with van der Waals surface area (Å²) in [5, 5.41) is 17.7. The fourth-order valence-corrected chi connectivity index (χ4v) is 3.00. The van der Waals surface area contributed by atoms with Crippen LogP contribution in [0.5, 0.6) is 0 Å². The molecule has 0 heterocycles. The second-order valence-electron chi connectivity index (χ2n) is 6.74. The molecule has 10 heteroatoms. The first kappa shape index (κ1) is 25.5. The van der Waals surface area contributed by atoms with E-state index in [4.69, 9.17) is 25.2 Å². The lowest BCUT2D eigenvalue weighted by atomic mass is 10.0. The quantitative estimate of drug-likeness (QED) is 0.187. The summed E-state index contributed by atoms with van der Waals surface area (Å²) >= 11 is 0. The molecule has 0 amide bonds. The number of aliphatic hydroxyl groups excluding tert-OH is 2. The van der Waals surface area contributed by atoms with Crippen LogP contribution in [0.4, 0.5) is 18.9 Å². The van der Waals surface area contributed by atoms with Crippen molar-refractivity contribution in [2.45, 2.75) is 6.18 Å². The van der Waals surface area contributed by atoms with Gasteiger partial charge in [0.15, 0.2) is 0 Å². The molecule has 7 nitrogen and oxygen atoms in total. The van der Waals surface area contributed by atoms with Gasteiger partial charge in [-0.25, -0.2) is 0 Å². The average Bonchev–Trinajstić information content (AvgIpc) is 2.79. The van der Waals surface area contributed by atoms with Crippen molar-refractivity contribution in [2.24, 2.45) is 0 Å². The van der Waals surface area contributed by atoms with E-state index >= 15 is 0 Å². The number of nitrogens with one attached hydrogen (secondary N) is 1. The fraction of sp³-hybridized carbons (Fsp3) is 0.409. The number of ether oxygens (including phenoxy) is 2. The normalized spacial score (nSPS) is 11.3. The first-order valence-electron chi connectivity index (χ1n) is 10.1. The van der Waals surface area contributed by atoms with E-state index in [1.807, 2.05) is 17.0 Å². The molecule has 0 aliphatic heterocycles. The van der Waals surface area contributed by atoms with Gasteiger partial charge in [0, 0.05) is 18.8 Å². The van der Waals surface area contributed by atoms with Gasteiger partial charge < -0.3 is 24.6 Å². The van der Waals surface area contributed by atoms with Gasteiger partial charge in [-0.05, 0) is 48.5 Å². The largest absolute Gasteiger partial charge is 0.416 e. The van der Waals surface area contributed by atoms with Crippen molar-refractivity contribution >= 4 is 11.4 Å². The topological polar surface area (TPSA) is 100 Å². The molecule has 0 bridgehead atoms. The predicted octanol–water partition coefficient (Wildman–Crippen LogP) is 2.61. The van der Waals surface area contributed by atoms with Crippen LogP contribution in [-0.2, 0) is 15.7 Å². The summed E-state index contributed by atoms with van der Waals surface area (Å²) in [6, 6.07) is 11.7. The van der Waals surface area contributed by atoms with Crippen LogP contribution in [0, 0.1) is 5.53 Å². The third-order valence-corrected chi connectivity index (χ3v) is 4.59. The predicted molar refractivity (Wildman–Crippen MR) is 112 cm³/mol. The highest BCUT2D eigenvalue weighted by molar-refractivity contribution is 6.09. The van der Waals surface area contributed by atoms with Crippen molar-refractivity contribution in [3.05, 3.63) is 65.2 Å². The van der Waals surface area contributed by atoms with Gasteiger partial charge in [-0.3, -0.25) is 0 Å². The molecule has 0 atom stereocenters. The van der Waals surface area contributed by atoms with Gasteiger partial charge in [-0.1, -0.05) is 0 Å². The Morgan fingerprint density at radius 1 is 0.812 bits per heavy atom. The molecule has 0 aliphatic carbocycles. The number of alkyl halides is 3. The van der Waals surface area contributed by atoms with E-state index in [2.05, 4.69) is 4.79 Å². The van der Waals surface area contributed by atoms with Crippen LogP contribution in [0.25, 0.3) is 0 Å². The lowest BCUT2D eigenvalue weighted by Crippen LogP contribution is -2.31. The first-order chi connectivity index (χ1) is 15.4. The van der Waals surface area contributed by atoms with E-state index in [9.17, 15) is 13.2 Å². The van der Waals surface area contributed by atoms with Gasteiger partial charge in [0.2, 0.25) is 0 Å². The van der Waals surface area contributed by atoms with Gasteiger partial charge in [0.25, 0.3) is 0 Å². The fourth-order valence-electron chi connectivity index (χ4n) is 3.00. The zero-order valence-corrected chi connectivity index (χ0v) is 17.5. The van der Waals surface area contributed by atoms with Gasteiger partial charge in [0.1, 0.15) is 0 Å². The smallest absolute Gasteiger partial charge is 0.394 e. The van der Waals surface area contributed by atoms with Gasteiger partial charge >= 0.3 is 11.9 Å². The summed E-state index contributed by atoms with van der Waals surface area (Å²) < 4.78 is 49.1. The molecular weight excluding hydrogens is 427 g/mol. The van der Waals surface area contributed by atoms with Crippen LogP contribution in [0.15, 0.2) is 48.5 Å². The maximum Gasteiger partial charge on any atom is 0.416 e. The Kier molecular flexibility index (Phi) is 10.3. The summed E-state index contributed by atoms with van der Waals surface area (Å²) in [5.41, 5.74) is 8.85. The minimum atomic E-state index is -4.43. The zero-order chi connectivity index (χ0) is 23.4. The average molecular weight is 454 g/mol. The van der Waals surface area contributed by atoms with Gasteiger partial charge in [0.05, 0.1) is 66.7 Å².